The molecule has 1 saturated heterocycles. The molecule has 1 aliphatic heterocycles. The van der Waals surface area contributed by atoms with Crippen LogP contribution < -0.4 is 5.32 Å². The molecule has 3 atom stereocenters. The van der Waals surface area contributed by atoms with Gasteiger partial charge in [0.25, 0.3) is 0 Å². The molecular formula is C32H34N4O5S. The Kier molecular flexibility index (Phi) is 10.0. The Morgan fingerprint density at radius 1 is 1.10 bits per heavy atom. The van der Waals surface area contributed by atoms with E-state index in [0.29, 0.717) is 18.7 Å². The van der Waals surface area contributed by atoms with Crippen LogP contribution in [0.2, 0.25) is 0 Å². The Morgan fingerprint density at radius 3 is 2.60 bits per heavy atom. The molecule has 0 aliphatic carbocycles. The van der Waals surface area contributed by atoms with Gasteiger partial charge in [-0.2, -0.15) is 0 Å². The molecule has 1 aliphatic rings. The van der Waals surface area contributed by atoms with Crippen LogP contribution in [0.5, 0.6) is 0 Å². The van der Waals surface area contributed by atoms with Crippen molar-refractivity contribution in [2.45, 2.75) is 43.2 Å². The largest absolute Gasteiger partial charge is 0.445 e. The Labute approximate surface area is 249 Å². The number of hydrogen-bond acceptors (Lipinski definition) is 8. The van der Waals surface area contributed by atoms with Crippen molar-refractivity contribution in [2.24, 2.45) is 7.05 Å². The van der Waals surface area contributed by atoms with E-state index in [1.165, 1.54) is 6.08 Å². The van der Waals surface area contributed by atoms with Crippen molar-refractivity contribution in [3.05, 3.63) is 114 Å². The molecule has 2 N–H and O–H groups in total. The van der Waals surface area contributed by atoms with Gasteiger partial charge in [-0.15, -0.1) is 10.2 Å². The highest BCUT2D eigenvalue weighted by molar-refractivity contribution is 7.99. The lowest BCUT2D eigenvalue weighted by Gasteiger charge is -2.36. The number of aryl methyl sites for hydroxylation is 1. The van der Waals surface area contributed by atoms with Crippen LogP contribution in [0.4, 0.5) is 4.79 Å². The van der Waals surface area contributed by atoms with Crippen LogP contribution in [-0.4, -0.2) is 44.4 Å². The second-order valence-corrected chi connectivity index (χ2v) is 10.9. The molecule has 1 fully saturated rings. The van der Waals surface area contributed by atoms with Gasteiger partial charge in [-0.25, -0.2) is 4.79 Å². The minimum Gasteiger partial charge on any atom is -0.445 e. The molecule has 1 amide bonds. The molecule has 0 spiro atoms. The highest BCUT2D eigenvalue weighted by Gasteiger charge is 2.32. The molecule has 4 aromatic rings. The first-order valence-electron chi connectivity index (χ1n) is 13.7. The maximum absolute atomic E-state index is 11.8. The fraction of sp³-hybridized carbons (Fsp3) is 0.281. The predicted molar refractivity (Wildman–Crippen MR) is 160 cm³/mol. The van der Waals surface area contributed by atoms with E-state index in [2.05, 4.69) is 34.2 Å². The number of nitrogens with zero attached hydrogens (tertiary/aromatic N) is 3. The van der Waals surface area contributed by atoms with Crippen molar-refractivity contribution in [1.29, 1.82) is 0 Å². The summed E-state index contributed by atoms with van der Waals surface area (Å²) in [6.07, 6.45) is 2.65. The zero-order valence-corrected chi connectivity index (χ0v) is 24.2. The van der Waals surface area contributed by atoms with Crippen LogP contribution in [0.25, 0.3) is 11.1 Å². The first kappa shape index (κ1) is 29.5. The van der Waals surface area contributed by atoms with Gasteiger partial charge in [-0.3, -0.25) is 0 Å². The number of aliphatic hydroxyl groups excluding tert-OH is 1. The lowest BCUT2D eigenvalue weighted by atomic mass is 9.99. The fourth-order valence-electron chi connectivity index (χ4n) is 4.65. The van der Waals surface area contributed by atoms with Crippen molar-refractivity contribution in [3.8, 4) is 11.1 Å². The highest BCUT2D eigenvalue weighted by Crippen LogP contribution is 2.39. The number of amides is 1. The van der Waals surface area contributed by atoms with Crippen LogP contribution in [0.1, 0.15) is 41.1 Å². The Morgan fingerprint density at radius 2 is 1.88 bits per heavy atom. The van der Waals surface area contributed by atoms with E-state index in [1.54, 1.807) is 18.1 Å². The third kappa shape index (κ3) is 7.65. The van der Waals surface area contributed by atoms with Crippen molar-refractivity contribution in [1.82, 2.24) is 20.1 Å². The molecule has 3 aromatic carbocycles. The highest BCUT2D eigenvalue weighted by atomic mass is 32.2. The molecule has 10 heteroatoms. The van der Waals surface area contributed by atoms with Gasteiger partial charge >= 0.3 is 6.09 Å². The smallest absolute Gasteiger partial charge is 0.407 e. The summed E-state index contributed by atoms with van der Waals surface area (Å²) in [5, 5.41) is 21.2. The third-order valence-corrected chi connectivity index (χ3v) is 8.06. The molecule has 0 bridgehead atoms. The van der Waals surface area contributed by atoms with E-state index in [1.807, 2.05) is 72.3 Å². The van der Waals surface area contributed by atoms with Gasteiger partial charge in [0.15, 0.2) is 11.4 Å². The minimum atomic E-state index is -0.544. The van der Waals surface area contributed by atoms with E-state index in [9.17, 15) is 9.90 Å². The number of nitrogens with one attached hydrogen (secondary N) is 1. The van der Waals surface area contributed by atoms with Crippen LogP contribution in [0.15, 0.2) is 96.9 Å². The molecule has 1 aromatic heterocycles. The SMILES string of the molecule is C=CCOC(=O)NCc1cccc(-c2ccc([C@H]3O[C@@H](CSc4nncn4C)C[C@@H](c4ccc(CO)cc4)O3)cc2)c1. The first-order valence-corrected chi connectivity index (χ1v) is 14.7. The molecule has 0 radical (unpaired) electrons. The molecular weight excluding hydrogens is 552 g/mol. The predicted octanol–water partition coefficient (Wildman–Crippen LogP) is 5.72. The van der Waals surface area contributed by atoms with Gasteiger partial charge in [0.2, 0.25) is 0 Å². The summed E-state index contributed by atoms with van der Waals surface area (Å²) in [5.74, 6) is 0.706. The molecule has 0 unspecified atom stereocenters. The van der Waals surface area contributed by atoms with E-state index < -0.39 is 12.4 Å². The summed E-state index contributed by atoms with van der Waals surface area (Å²) < 4.78 is 19.8. The second kappa shape index (κ2) is 14.3. The number of hydrogen-bond donors (Lipinski definition) is 2. The number of ether oxygens (including phenoxy) is 3. The lowest BCUT2D eigenvalue weighted by molar-refractivity contribution is -0.245. The molecule has 9 nitrogen and oxygen atoms in total. The van der Waals surface area contributed by atoms with Crippen molar-refractivity contribution >= 4 is 17.9 Å². The summed E-state index contributed by atoms with van der Waals surface area (Å²) in [5.41, 5.74) is 5.86. The lowest BCUT2D eigenvalue weighted by Crippen LogP contribution is -2.31. The number of aromatic nitrogens is 3. The van der Waals surface area contributed by atoms with Crippen molar-refractivity contribution in [3.63, 3.8) is 0 Å². The van der Waals surface area contributed by atoms with E-state index in [4.69, 9.17) is 14.2 Å². The fourth-order valence-corrected chi connectivity index (χ4v) is 5.55. The Balaban J connectivity index is 1.29. The van der Waals surface area contributed by atoms with E-state index >= 15 is 0 Å². The van der Waals surface area contributed by atoms with Gasteiger partial charge in [0.1, 0.15) is 12.9 Å². The molecule has 0 saturated carbocycles. The molecule has 2 heterocycles. The summed E-state index contributed by atoms with van der Waals surface area (Å²) in [6.45, 7) is 4.08. The quantitative estimate of drug-likeness (QED) is 0.170. The van der Waals surface area contributed by atoms with Crippen molar-refractivity contribution < 1.29 is 24.1 Å². The maximum Gasteiger partial charge on any atom is 0.407 e. The van der Waals surface area contributed by atoms with Crippen LogP contribution >= 0.6 is 11.8 Å². The zero-order valence-electron chi connectivity index (χ0n) is 23.4. The van der Waals surface area contributed by atoms with Crippen LogP contribution in [-0.2, 0) is 34.4 Å². The average Bonchev–Trinajstić information content (AvgIpc) is 3.46. The average molecular weight is 587 g/mol. The van der Waals surface area contributed by atoms with Crippen molar-refractivity contribution in [2.75, 3.05) is 12.4 Å². The van der Waals surface area contributed by atoms with Gasteiger partial charge in [-0.05, 0) is 33.9 Å². The molecule has 218 valence electrons. The number of carbonyl (C=O) groups is 1. The molecule has 42 heavy (non-hydrogen) atoms. The first-order chi connectivity index (χ1) is 20.5. The minimum absolute atomic E-state index is 0.00253. The summed E-state index contributed by atoms with van der Waals surface area (Å²) >= 11 is 1.61. The van der Waals surface area contributed by atoms with Crippen LogP contribution in [0.3, 0.4) is 0 Å². The topological polar surface area (TPSA) is 108 Å². The second-order valence-electron chi connectivity index (χ2n) is 9.95. The van der Waals surface area contributed by atoms with Gasteiger partial charge in [-0.1, -0.05) is 91.1 Å². The number of benzene rings is 3. The number of aliphatic hydroxyl groups is 1. The third-order valence-electron chi connectivity index (χ3n) is 6.90. The Bertz CT molecular complexity index is 1480. The molecule has 5 rings (SSSR count). The van der Waals surface area contributed by atoms with Gasteiger partial charge in [0, 0.05) is 31.3 Å². The number of alkyl carbamates (subject to hydrolysis) is 1. The number of rotatable bonds is 11. The maximum atomic E-state index is 11.8. The van der Waals surface area contributed by atoms with E-state index in [0.717, 1.165) is 38.5 Å². The Hall–Kier alpha value is -3.96. The number of thioether (sulfide) groups is 1. The number of carbonyl (C=O) groups excluding carboxylic acids is 1. The zero-order chi connectivity index (χ0) is 29.3. The normalized spacial score (nSPS) is 18.4. The summed E-state index contributed by atoms with van der Waals surface area (Å²) in [6, 6.07) is 24.0. The van der Waals surface area contributed by atoms with Crippen LogP contribution in [0, 0.1) is 0 Å². The monoisotopic (exact) mass is 586 g/mol. The van der Waals surface area contributed by atoms with Gasteiger partial charge < -0.3 is 29.2 Å². The van der Waals surface area contributed by atoms with Gasteiger partial charge in [0.05, 0.1) is 18.8 Å². The van der Waals surface area contributed by atoms with E-state index in [-0.39, 0.29) is 25.4 Å². The summed E-state index contributed by atoms with van der Waals surface area (Å²) in [4.78, 5) is 11.8. The summed E-state index contributed by atoms with van der Waals surface area (Å²) in [7, 11) is 1.92. The standard InChI is InChI=1S/C32H34N4O5S/c1-3-15-39-32(38)33-18-23-5-4-6-27(16-23)24-11-13-26(14-12-24)30-40-28(20-42-31-35-34-21-36(31)2)17-29(41-30)25-9-7-22(19-37)8-10-25/h3-14,16,21,28-30,37H,1,15,17-20H2,2H3,(H,33,38)/t28-,29+,30+/m1/s1.